The van der Waals surface area contributed by atoms with Crippen molar-refractivity contribution in [1.29, 1.82) is 0 Å². The summed E-state index contributed by atoms with van der Waals surface area (Å²) in [5, 5.41) is 10.4. The lowest BCUT2D eigenvalue weighted by Crippen LogP contribution is -2.51. The summed E-state index contributed by atoms with van der Waals surface area (Å²) in [5.74, 6) is 2.53. The summed E-state index contributed by atoms with van der Waals surface area (Å²) in [4.78, 5) is 11.9. The molecule has 0 unspecified atom stereocenters. The number of Topliss-reactive ketones (excluding diaryl/α,β-unsaturated/α-hetero) is 1. The van der Waals surface area contributed by atoms with E-state index in [0.717, 1.165) is 38.0 Å². The van der Waals surface area contributed by atoms with Gasteiger partial charge in [-0.1, -0.05) is 25.5 Å². The van der Waals surface area contributed by atoms with E-state index in [1.807, 2.05) is 0 Å². The first-order chi connectivity index (χ1) is 9.95. The largest absolute Gasteiger partial charge is 0.392 e. The molecule has 0 aromatic carbocycles. The van der Waals surface area contributed by atoms with Gasteiger partial charge in [-0.2, -0.15) is 0 Å². The summed E-state index contributed by atoms with van der Waals surface area (Å²) in [6.07, 6.45) is 10.6. The molecule has 0 aromatic rings. The second-order valence-electron chi connectivity index (χ2n) is 8.60. The van der Waals surface area contributed by atoms with E-state index in [-0.39, 0.29) is 11.5 Å². The maximum atomic E-state index is 11.9. The molecule has 0 bridgehead atoms. The highest BCUT2D eigenvalue weighted by Gasteiger charge is 2.57. The van der Waals surface area contributed by atoms with Gasteiger partial charge in [0.25, 0.3) is 0 Å². The SMILES string of the molecule is C[C@]12CCC(=O)C[C@@H]1CC[C@H]1C3=CC[C@H](O)[C@@]3(C)CC[C@@H]12. The van der Waals surface area contributed by atoms with Gasteiger partial charge in [-0.15, -0.1) is 0 Å². The van der Waals surface area contributed by atoms with Crippen molar-refractivity contribution in [2.24, 2.45) is 28.6 Å². The standard InChI is InChI=1S/C19H28O2/c1-18-9-7-13(20)11-12(18)3-4-14-15-5-6-17(21)19(15,2)10-8-16(14)18/h5,12,14,16-17,21H,3-4,6-11H2,1-2H3/t12-,14-,16-,17-,18-,19-/m0/s1. The third-order valence-corrected chi connectivity index (χ3v) is 7.84. The first-order valence-electron chi connectivity index (χ1n) is 8.85. The zero-order valence-electron chi connectivity index (χ0n) is 13.4. The van der Waals surface area contributed by atoms with E-state index in [2.05, 4.69) is 19.9 Å². The highest BCUT2D eigenvalue weighted by Crippen LogP contribution is 2.64. The molecule has 4 aliphatic carbocycles. The summed E-state index contributed by atoms with van der Waals surface area (Å²) in [6, 6.07) is 0. The highest BCUT2D eigenvalue weighted by atomic mass is 16.3. The molecule has 116 valence electrons. The first-order valence-corrected chi connectivity index (χ1v) is 8.85. The zero-order chi connectivity index (χ0) is 14.8. The summed E-state index contributed by atoms with van der Waals surface area (Å²) in [6.45, 7) is 4.75. The second-order valence-corrected chi connectivity index (χ2v) is 8.60. The minimum Gasteiger partial charge on any atom is -0.392 e. The Morgan fingerprint density at radius 3 is 2.81 bits per heavy atom. The normalized spacial score (nSPS) is 52.7. The molecule has 0 saturated heterocycles. The fourth-order valence-electron chi connectivity index (χ4n) is 6.35. The van der Waals surface area contributed by atoms with Crippen molar-refractivity contribution < 1.29 is 9.90 Å². The molecule has 0 amide bonds. The van der Waals surface area contributed by atoms with Crippen molar-refractivity contribution in [3.05, 3.63) is 11.6 Å². The predicted octanol–water partition coefficient (Wildman–Crippen LogP) is 3.88. The molecule has 6 atom stereocenters. The van der Waals surface area contributed by atoms with Gasteiger partial charge in [-0.3, -0.25) is 4.79 Å². The Morgan fingerprint density at radius 1 is 1.19 bits per heavy atom. The molecular weight excluding hydrogens is 260 g/mol. The maximum absolute atomic E-state index is 11.9. The molecule has 2 nitrogen and oxygen atoms in total. The predicted molar refractivity (Wildman–Crippen MR) is 82.7 cm³/mol. The minimum atomic E-state index is -0.160. The van der Waals surface area contributed by atoms with E-state index in [4.69, 9.17) is 0 Å². The van der Waals surface area contributed by atoms with Crippen molar-refractivity contribution in [2.45, 2.75) is 71.3 Å². The smallest absolute Gasteiger partial charge is 0.133 e. The van der Waals surface area contributed by atoms with Crippen molar-refractivity contribution >= 4 is 5.78 Å². The molecule has 0 aromatic heterocycles. The van der Waals surface area contributed by atoms with Crippen molar-refractivity contribution in [3.63, 3.8) is 0 Å². The van der Waals surface area contributed by atoms with Crippen LogP contribution >= 0.6 is 0 Å². The minimum absolute atomic E-state index is 0.0504. The van der Waals surface area contributed by atoms with Crippen LogP contribution in [0.25, 0.3) is 0 Å². The third-order valence-electron chi connectivity index (χ3n) is 7.84. The molecule has 21 heavy (non-hydrogen) atoms. The fraction of sp³-hybridized carbons (Fsp3) is 0.842. The topological polar surface area (TPSA) is 37.3 Å². The Kier molecular flexibility index (Phi) is 2.96. The van der Waals surface area contributed by atoms with E-state index in [0.29, 0.717) is 23.0 Å². The van der Waals surface area contributed by atoms with Crippen LogP contribution in [0.1, 0.15) is 65.2 Å². The number of rotatable bonds is 0. The lowest BCUT2D eigenvalue weighted by atomic mass is 9.46. The molecule has 2 heteroatoms. The van der Waals surface area contributed by atoms with Crippen LogP contribution in [-0.4, -0.2) is 17.0 Å². The number of hydrogen-bond acceptors (Lipinski definition) is 2. The van der Waals surface area contributed by atoms with Gasteiger partial charge < -0.3 is 5.11 Å². The Morgan fingerprint density at radius 2 is 2.00 bits per heavy atom. The van der Waals surface area contributed by atoms with E-state index < -0.39 is 0 Å². The van der Waals surface area contributed by atoms with Gasteiger partial charge in [0.05, 0.1) is 6.10 Å². The highest BCUT2D eigenvalue weighted by molar-refractivity contribution is 5.79. The molecule has 0 heterocycles. The monoisotopic (exact) mass is 288 g/mol. The Bertz CT molecular complexity index is 508. The van der Waals surface area contributed by atoms with E-state index in [1.54, 1.807) is 5.57 Å². The Labute approximate surface area is 128 Å². The molecule has 3 fully saturated rings. The second kappa shape index (κ2) is 4.44. The van der Waals surface area contributed by atoms with Gasteiger partial charge in [0.1, 0.15) is 5.78 Å². The van der Waals surface area contributed by atoms with Crippen LogP contribution in [0.15, 0.2) is 11.6 Å². The molecule has 1 N–H and O–H groups in total. The van der Waals surface area contributed by atoms with Crippen LogP contribution < -0.4 is 0 Å². The fourth-order valence-corrected chi connectivity index (χ4v) is 6.35. The number of aliphatic hydroxyl groups is 1. The van der Waals surface area contributed by atoms with Crippen LogP contribution in [-0.2, 0) is 4.79 Å². The molecule has 3 saturated carbocycles. The quantitative estimate of drug-likeness (QED) is 0.687. The van der Waals surface area contributed by atoms with Gasteiger partial charge in [0.2, 0.25) is 0 Å². The van der Waals surface area contributed by atoms with E-state index in [1.165, 1.54) is 19.3 Å². The molecule has 4 aliphatic rings. The van der Waals surface area contributed by atoms with Crippen LogP contribution in [0.2, 0.25) is 0 Å². The lowest BCUT2D eigenvalue weighted by Gasteiger charge is -2.58. The Hall–Kier alpha value is -0.630. The van der Waals surface area contributed by atoms with Crippen LogP contribution in [0.3, 0.4) is 0 Å². The number of aliphatic hydroxyl groups excluding tert-OH is 1. The van der Waals surface area contributed by atoms with E-state index >= 15 is 0 Å². The van der Waals surface area contributed by atoms with Crippen molar-refractivity contribution in [1.82, 2.24) is 0 Å². The average Bonchev–Trinajstić information content (AvgIpc) is 2.76. The van der Waals surface area contributed by atoms with Gasteiger partial charge in [0.15, 0.2) is 0 Å². The van der Waals surface area contributed by atoms with Gasteiger partial charge >= 0.3 is 0 Å². The lowest BCUT2D eigenvalue weighted by molar-refractivity contribution is -0.131. The molecule has 0 aliphatic heterocycles. The summed E-state index contributed by atoms with van der Waals surface area (Å²) < 4.78 is 0. The first kappa shape index (κ1) is 14.0. The number of fused-ring (bicyclic) bond motifs is 5. The average molecular weight is 288 g/mol. The number of carbonyl (C=O) groups excluding carboxylic acids is 1. The number of ketones is 1. The van der Waals surface area contributed by atoms with Crippen molar-refractivity contribution in [3.8, 4) is 0 Å². The number of carbonyl (C=O) groups is 1. The summed E-state index contributed by atoms with van der Waals surface area (Å²) >= 11 is 0. The number of hydrogen-bond donors (Lipinski definition) is 1. The Balaban J connectivity index is 1.67. The molecular formula is C19H28O2. The van der Waals surface area contributed by atoms with Gasteiger partial charge in [0, 0.05) is 18.3 Å². The van der Waals surface area contributed by atoms with Crippen LogP contribution in [0.4, 0.5) is 0 Å². The van der Waals surface area contributed by atoms with E-state index in [9.17, 15) is 9.90 Å². The third kappa shape index (κ3) is 1.78. The van der Waals surface area contributed by atoms with Crippen molar-refractivity contribution in [2.75, 3.05) is 0 Å². The molecule has 0 spiro atoms. The van der Waals surface area contributed by atoms with Gasteiger partial charge in [-0.05, 0) is 61.7 Å². The summed E-state index contributed by atoms with van der Waals surface area (Å²) in [7, 11) is 0. The summed E-state index contributed by atoms with van der Waals surface area (Å²) in [5.41, 5.74) is 1.99. The van der Waals surface area contributed by atoms with Gasteiger partial charge in [-0.25, -0.2) is 0 Å². The van der Waals surface area contributed by atoms with Crippen LogP contribution in [0.5, 0.6) is 0 Å². The molecule has 4 rings (SSSR count). The zero-order valence-corrected chi connectivity index (χ0v) is 13.4. The maximum Gasteiger partial charge on any atom is 0.133 e. The van der Waals surface area contributed by atoms with Crippen LogP contribution in [0, 0.1) is 28.6 Å². The molecule has 0 radical (unpaired) electrons.